The Morgan fingerprint density at radius 3 is 2.71 bits per heavy atom. The molecule has 1 aromatic heterocycles. The number of aliphatic imine (C=N–C) groups is 1. The van der Waals surface area contributed by atoms with E-state index in [0.717, 1.165) is 62.9 Å². The van der Waals surface area contributed by atoms with Gasteiger partial charge in [-0.05, 0) is 48.1 Å². The van der Waals surface area contributed by atoms with Crippen LogP contribution in [0.3, 0.4) is 0 Å². The topological polar surface area (TPSA) is 54.1 Å². The van der Waals surface area contributed by atoms with Gasteiger partial charge in [-0.25, -0.2) is 4.99 Å². The van der Waals surface area contributed by atoms with Crippen LogP contribution in [0.25, 0.3) is 0 Å². The van der Waals surface area contributed by atoms with Gasteiger partial charge in [0.2, 0.25) is 0 Å². The van der Waals surface area contributed by atoms with Crippen molar-refractivity contribution in [1.29, 1.82) is 0 Å². The molecule has 152 valence electrons. The third kappa shape index (κ3) is 5.34. The van der Waals surface area contributed by atoms with Gasteiger partial charge in [0.05, 0.1) is 23.8 Å². The number of rotatable bonds is 5. The quantitative estimate of drug-likeness (QED) is 0.611. The molecule has 2 aromatic rings. The van der Waals surface area contributed by atoms with E-state index in [1.165, 1.54) is 17.7 Å². The standard InChI is InChI=1S/C20H26N4OS.C2H6/c21-20(19-4-2-14-26-19)22-17-5-6-18-16(15-17)3-1-7-24(18)9-8-23-10-12-25-13-11-23;1-2/h2,4-6,14-15H,1,3,7-13H2,(H2,21,22);1-2H3. The first kappa shape index (κ1) is 20.8. The zero-order valence-electron chi connectivity index (χ0n) is 17.1. The molecule has 0 bridgehead atoms. The fourth-order valence-electron chi connectivity index (χ4n) is 3.67. The van der Waals surface area contributed by atoms with Gasteiger partial charge in [0.15, 0.2) is 0 Å². The second-order valence-corrected chi connectivity index (χ2v) is 7.78. The van der Waals surface area contributed by atoms with Crippen molar-refractivity contribution in [2.75, 3.05) is 50.8 Å². The fraction of sp³-hybridized carbons (Fsp3) is 0.500. The van der Waals surface area contributed by atoms with E-state index in [4.69, 9.17) is 10.5 Å². The smallest absolute Gasteiger partial charge is 0.141 e. The van der Waals surface area contributed by atoms with Gasteiger partial charge in [-0.1, -0.05) is 19.9 Å². The predicted octanol–water partition coefficient (Wildman–Crippen LogP) is 3.90. The van der Waals surface area contributed by atoms with Crippen molar-refractivity contribution >= 4 is 28.5 Å². The third-order valence-corrected chi connectivity index (χ3v) is 5.98. The van der Waals surface area contributed by atoms with E-state index in [2.05, 4.69) is 33.0 Å². The molecule has 2 aliphatic rings. The Hall–Kier alpha value is -1.89. The molecule has 6 heteroatoms. The Balaban J connectivity index is 0.00000109. The SMILES string of the molecule is CC.NC(=Nc1ccc2c(c1)CCCN2CCN1CCOCC1)c1cccs1. The van der Waals surface area contributed by atoms with Crippen LogP contribution in [0, 0.1) is 0 Å². The van der Waals surface area contributed by atoms with Crippen molar-refractivity contribution < 1.29 is 4.74 Å². The average Bonchev–Trinajstić information content (AvgIpc) is 3.29. The van der Waals surface area contributed by atoms with Gasteiger partial charge in [0, 0.05) is 38.4 Å². The molecule has 28 heavy (non-hydrogen) atoms. The highest BCUT2D eigenvalue weighted by atomic mass is 32.1. The van der Waals surface area contributed by atoms with Gasteiger partial charge >= 0.3 is 0 Å². The van der Waals surface area contributed by atoms with Crippen LogP contribution in [0.2, 0.25) is 0 Å². The normalized spacial score (nSPS) is 17.6. The van der Waals surface area contributed by atoms with Crippen LogP contribution >= 0.6 is 11.3 Å². The van der Waals surface area contributed by atoms with Crippen LogP contribution < -0.4 is 10.6 Å². The van der Waals surface area contributed by atoms with E-state index in [-0.39, 0.29) is 0 Å². The molecule has 2 N–H and O–H groups in total. The van der Waals surface area contributed by atoms with Crippen molar-refractivity contribution in [2.24, 2.45) is 10.7 Å². The van der Waals surface area contributed by atoms with Gasteiger partial charge < -0.3 is 15.4 Å². The number of thiophene rings is 1. The summed E-state index contributed by atoms with van der Waals surface area (Å²) in [4.78, 5) is 10.7. The van der Waals surface area contributed by atoms with Crippen molar-refractivity contribution in [2.45, 2.75) is 26.7 Å². The lowest BCUT2D eigenvalue weighted by Gasteiger charge is -2.34. The minimum Gasteiger partial charge on any atom is -0.383 e. The number of hydrogen-bond donors (Lipinski definition) is 1. The van der Waals surface area contributed by atoms with Crippen LogP contribution in [-0.4, -0.2) is 56.7 Å². The molecule has 4 rings (SSSR count). The molecule has 5 nitrogen and oxygen atoms in total. The minimum absolute atomic E-state index is 0.597. The molecular formula is C22H32N4OS. The summed E-state index contributed by atoms with van der Waals surface area (Å²) in [5.74, 6) is 0.597. The highest BCUT2D eigenvalue weighted by Crippen LogP contribution is 2.31. The molecule has 0 unspecified atom stereocenters. The Morgan fingerprint density at radius 1 is 1.14 bits per heavy atom. The van der Waals surface area contributed by atoms with Crippen LogP contribution in [-0.2, 0) is 11.2 Å². The number of nitrogens with zero attached hydrogens (tertiary/aromatic N) is 3. The second-order valence-electron chi connectivity index (χ2n) is 6.83. The Bertz CT molecular complexity index is 754. The van der Waals surface area contributed by atoms with Gasteiger partial charge in [-0.15, -0.1) is 11.3 Å². The van der Waals surface area contributed by atoms with E-state index in [1.807, 2.05) is 31.4 Å². The molecule has 0 saturated carbocycles. The van der Waals surface area contributed by atoms with Crippen LogP contribution in [0.5, 0.6) is 0 Å². The molecule has 2 aliphatic heterocycles. The number of amidine groups is 1. The second kappa shape index (κ2) is 10.6. The summed E-state index contributed by atoms with van der Waals surface area (Å²) in [6.07, 6.45) is 2.31. The van der Waals surface area contributed by atoms with Crippen LogP contribution in [0.4, 0.5) is 11.4 Å². The predicted molar refractivity (Wildman–Crippen MR) is 120 cm³/mol. The van der Waals surface area contributed by atoms with E-state index >= 15 is 0 Å². The summed E-state index contributed by atoms with van der Waals surface area (Å²) in [7, 11) is 0. The third-order valence-electron chi connectivity index (χ3n) is 5.09. The summed E-state index contributed by atoms with van der Waals surface area (Å²) in [6.45, 7) is 11.2. The van der Waals surface area contributed by atoms with Crippen molar-refractivity contribution in [3.63, 3.8) is 0 Å². The number of morpholine rings is 1. The molecule has 0 amide bonds. The molecule has 1 aromatic carbocycles. The van der Waals surface area contributed by atoms with Crippen LogP contribution in [0.1, 0.15) is 30.7 Å². The summed E-state index contributed by atoms with van der Waals surface area (Å²) in [6, 6.07) is 10.5. The first-order valence-electron chi connectivity index (χ1n) is 10.4. The fourth-order valence-corrected chi connectivity index (χ4v) is 4.30. The van der Waals surface area contributed by atoms with E-state index in [1.54, 1.807) is 11.3 Å². The lowest BCUT2D eigenvalue weighted by atomic mass is 10.0. The first-order chi connectivity index (χ1) is 13.8. The number of anilines is 1. The summed E-state index contributed by atoms with van der Waals surface area (Å²) in [5.41, 5.74) is 9.84. The average molecular weight is 401 g/mol. The largest absolute Gasteiger partial charge is 0.383 e. The number of fused-ring (bicyclic) bond motifs is 1. The number of aryl methyl sites for hydroxylation is 1. The maximum Gasteiger partial charge on any atom is 0.141 e. The summed E-state index contributed by atoms with van der Waals surface area (Å²) >= 11 is 1.62. The minimum atomic E-state index is 0.597. The van der Waals surface area contributed by atoms with Gasteiger partial charge in [0.1, 0.15) is 5.84 Å². The molecule has 1 fully saturated rings. The van der Waals surface area contributed by atoms with E-state index in [9.17, 15) is 0 Å². The van der Waals surface area contributed by atoms with Crippen molar-refractivity contribution in [1.82, 2.24) is 4.90 Å². The maximum absolute atomic E-state index is 6.14. The van der Waals surface area contributed by atoms with Gasteiger partial charge in [-0.3, -0.25) is 4.90 Å². The van der Waals surface area contributed by atoms with E-state index in [0.29, 0.717) is 5.84 Å². The number of nitrogens with two attached hydrogens (primary N) is 1. The molecule has 0 radical (unpaired) electrons. The Labute approximate surface area is 172 Å². The van der Waals surface area contributed by atoms with Gasteiger partial charge in [-0.2, -0.15) is 0 Å². The highest BCUT2D eigenvalue weighted by Gasteiger charge is 2.19. The molecule has 3 heterocycles. The number of hydrogen-bond acceptors (Lipinski definition) is 5. The first-order valence-corrected chi connectivity index (χ1v) is 11.2. The number of benzene rings is 1. The zero-order valence-corrected chi connectivity index (χ0v) is 17.9. The summed E-state index contributed by atoms with van der Waals surface area (Å²) < 4.78 is 5.44. The highest BCUT2D eigenvalue weighted by molar-refractivity contribution is 7.12. The van der Waals surface area contributed by atoms with Crippen LogP contribution in [0.15, 0.2) is 40.7 Å². The maximum atomic E-state index is 6.14. The summed E-state index contributed by atoms with van der Waals surface area (Å²) in [5, 5.41) is 2.02. The molecule has 1 saturated heterocycles. The van der Waals surface area contributed by atoms with Gasteiger partial charge in [0.25, 0.3) is 0 Å². The molecular weight excluding hydrogens is 368 g/mol. The van der Waals surface area contributed by atoms with Crippen molar-refractivity contribution in [3.05, 3.63) is 46.2 Å². The Kier molecular flexibility index (Phi) is 7.89. The molecule has 0 aliphatic carbocycles. The van der Waals surface area contributed by atoms with Crippen molar-refractivity contribution in [3.8, 4) is 0 Å². The lowest BCUT2D eigenvalue weighted by Crippen LogP contribution is -2.42. The Morgan fingerprint density at radius 2 is 1.96 bits per heavy atom. The van der Waals surface area contributed by atoms with E-state index < -0.39 is 0 Å². The monoisotopic (exact) mass is 400 g/mol. The number of ether oxygens (including phenoxy) is 1. The zero-order chi connectivity index (χ0) is 19.8. The molecule has 0 atom stereocenters. The lowest BCUT2D eigenvalue weighted by molar-refractivity contribution is 0.0391. The molecule has 0 spiro atoms.